The van der Waals surface area contributed by atoms with Gasteiger partial charge in [0.25, 0.3) is 0 Å². The van der Waals surface area contributed by atoms with E-state index >= 15 is 0 Å². The second-order valence-corrected chi connectivity index (χ2v) is 6.81. The maximum absolute atomic E-state index is 5.60. The summed E-state index contributed by atoms with van der Waals surface area (Å²) in [6.45, 7) is 5.24. The van der Waals surface area contributed by atoms with Crippen molar-refractivity contribution >= 4 is 23.5 Å². The monoisotopic (exact) mass is 378 g/mol. The quantitative estimate of drug-likeness (QED) is 0.493. The van der Waals surface area contributed by atoms with Crippen LogP contribution in [0.15, 0.2) is 59.6 Å². The molecule has 0 fully saturated rings. The number of nitrogens with zero attached hydrogens (tertiary/aromatic N) is 4. The summed E-state index contributed by atoms with van der Waals surface area (Å²) in [7, 11) is 0. The predicted octanol–water partition coefficient (Wildman–Crippen LogP) is 4.73. The number of aromatic nitrogens is 4. The molecule has 0 radical (unpaired) electrons. The molecule has 0 bridgehead atoms. The molecule has 2 aromatic carbocycles. The number of aryl methyl sites for hydroxylation is 1. The first-order chi connectivity index (χ1) is 13.2. The average Bonchev–Trinajstić information content (AvgIpc) is 3.31. The van der Waals surface area contributed by atoms with Gasteiger partial charge in [0.15, 0.2) is 0 Å². The van der Waals surface area contributed by atoms with Gasteiger partial charge in [-0.25, -0.2) is 9.36 Å². The highest BCUT2D eigenvalue weighted by molar-refractivity contribution is 7.80. The molecule has 0 amide bonds. The van der Waals surface area contributed by atoms with Crippen LogP contribution in [-0.2, 0) is 17.9 Å². The fraction of sp³-hybridized carbons (Fsp3) is 0.238. The van der Waals surface area contributed by atoms with E-state index in [1.807, 2.05) is 52.8 Å². The number of hydrogen-bond acceptors (Lipinski definition) is 4. The maximum Gasteiger partial charge on any atom is 0.140 e. The number of rotatable bonds is 6. The number of ether oxygens (including phenoxy) is 1. The molecule has 138 valence electrons. The lowest BCUT2D eigenvalue weighted by molar-refractivity contribution is 0.0820. The topological polar surface area (TPSA) is 44.9 Å². The van der Waals surface area contributed by atoms with E-state index in [9.17, 15) is 0 Å². The summed E-state index contributed by atoms with van der Waals surface area (Å²) < 4.78 is 9.48. The summed E-state index contributed by atoms with van der Waals surface area (Å²) in [5, 5.41) is 10.4. The van der Waals surface area contributed by atoms with E-state index in [0.717, 1.165) is 39.5 Å². The number of hydrogen-bond donors (Lipinski definition) is 1. The van der Waals surface area contributed by atoms with Crippen LogP contribution in [0.5, 0.6) is 0 Å². The minimum Gasteiger partial charge on any atom is -0.360 e. The first-order valence-electron chi connectivity index (χ1n) is 9.12. The van der Waals surface area contributed by atoms with Crippen LogP contribution in [0, 0.1) is 0 Å². The molecule has 4 rings (SSSR count). The molecule has 0 saturated heterocycles. The second kappa shape index (κ2) is 7.58. The summed E-state index contributed by atoms with van der Waals surface area (Å²) >= 11 is 4.36. The van der Waals surface area contributed by atoms with Crippen LogP contribution in [0.2, 0.25) is 0 Å². The van der Waals surface area contributed by atoms with Crippen molar-refractivity contribution in [1.29, 1.82) is 0 Å². The highest BCUT2D eigenvalue weighted by Crippen LogP contribution is 2.28. The van der Waals surface area contributed by atoms with E-state index in [2.05, 4.69) is 42.9 Å². The predicted molar refractivity (Wildman–Crippen MR) is 111 cm³/mol. The highest BCUT2D eigenvalue weighted by atomic mass is 32.1. The normalized spacial score (nSPS) is 11.4. The van der Waals surface area contributed by atoms with E-state index in [-0.39, 0.29) is 0 Å². The summed E-state index contributed by atoms with van der Waals surface area (Å²) in [6.07, 6.45) is 2.71. The molecule has 2 aromatic heterocycles. The van der Waals surface area contributed by atoms with Crippen molar-refractivity contribution in [2.24, 2.45) is 0 Å². The fourth-order valence-electron chi connectivity index (χ4n) is 3.26. The second-order valence-electron chi connectivity index (χ2n) is 6.30. The molecule has 0 unspecified atom stereocenters. The molecular weight excluding hydrogens is 356 g/mol. The zero-order valence-electron chi connectivity index (χ0n) is 15.5. The van der Waals surface area contributed by atoms with Gasteiger partial charge in [-0.3, -0.25) is 0 Å². The van der Waals surface area contributed by atoms with Crippen molar-refractivity contribution in [2.45, 2.75) is 31.9 Å². The van der Waals surface area contributed by atoms with Gasteiger partial charge >= 0.3 is 0 Å². The summed E-state index contributed by atoms with van der Waals surface area (Å²) in [6, 6.07) is 16.5. The van der Waals surface area contributed by atoms with Gasteiger partial charge in [0.05, 0.1) is 28.8 Å². The van der Waals surface area contributed by atoms with Gasteiger partial charge in [0, 0.05) is 22.5 Å². The first-order valence-corrected chi connectivity index (χ1v) is 9.57. The van der Waals surface area contributed by atoms with E-state index in [1.165, 1.54) is 5.39 Å². The molecule has 0 aliphatic carbocycles. The molecular formula is C21H22N4OS. The Kier molecular flexibility index (Phi) is 5.01. The lowest BCUT2D eigenvalue weighted by Crippen LogP contribution is -2.04. The van der Waals surface area contributed by atoms with Crippen LogP contribution in [-0.4, -0.2) is 26.2 Å². The summed E-state index contributed by atoms with van der Waals surface area (Å²) in [5.41, 5.74) is 5.30. The Bertz CT molecular complexity index is 1070. The molecule has 0 N–H and O–H groups in total. The highest BCUT2D eigenvalue weighted by Gasteiger charge is 2.13. The Morgan fingerprint density at radius 3 is 2.59 bits per heavy atom. The molecule has 0 saturated carbocycles. The number of benzene rings is 2. The molecule has 2 heterocycles. The lowest BCUT2D eigenvalue weighted by atomic mass is 10.1. The molecule has 0 aliphatic rings. The van der Waals surface area contributed by atoms with E-state index in [4.69, 9.17) is 9.84 Å². The third-order valence-electron chi connectivity index (χ3n) is 4.61. The third-order valence-corrected chi connectivity index (χ3v) is 4.91. The van der Waals surface area contributed by atoms with E-state index < -0.39 is 0 Å². The largest absolute Gasteiger partial charge is 0.360 e. The van der Waals surface area contributed by atoms with E-state index in [1.54, 1.807) is 0 Å². The SMILES string of the molecule is CCOCn1nc(CC)c2ccc(-c3ccnn3-c3ccc(S)cc3)cc21. The summed E-state index contributed by atoms with van der Waals surface area (Å²) in [4.78, 5) is 0.931. The Hall–Kier alpha value is -2.57. The molecule has 5 nitrogen and oxygen atoms in total. The minimum absolute atomic E-state index is 0.457. The molecule has 0 atom stereocenters. The van der Waals surface area contributed by atoms with Crippen molar-refractivity contribution in [1.82, 2.24) is 19.6 Å². The molecule has 6 heteroatoms. The van der Waals surface area contributed by atoms with Gasteiger partial charge in [0.1, 0.15) is 6.73 Å². The maximum atomic E-state index is 5.60. The average molecular weight is 379 g/mol. The van der Waals surface area contributed by atoms with Gasteiger partial charge in [-0.1, -0.05) is 19.1 Å². The first kappa shape index (κ1) is 17.8. The molecule has 0 aliphatic heterocycles. The van der Waals surface area contributed by atoms with Crippen LogP contribution in [0.4, 0.5) is 0 Å². The Labute approximate surface area is 164 Å². The minimum atomic E-state index is 0.457. The van der Waals surface area contributed by atoms with Gasteiger partial charge in [-0.2, -0.15) is 10.2 Å². The molecule has 4 aromatic rings. The van der Waals surface area contributed by atoms with Crippen LogP contribution in [0.3, 0.4) is 0 Å². The Morgan fingerprint density at radius 2 is 1.85 bits per heavy atom. The molecule has 0 spiro atoms. The fourth-order valence-corrected chi connectivity index (χ4v) is 3.41. The standard InChI is InChI=1S/C21H22N4OS/c1-3-19-18-10-5-15(13-21(18)24(23-19)14-26-4-2)20-11-12-22-25(20)16-6-8-17(27)9-7-16/h5-13,27H,3-4,14H2,1-2H3. The van der Waals surface area contributed by atoms with Gasteiger partial charge in [-0.05, 0) is 49.7 Å². The van der Waals surface area contributed by atoms with Crippen LogP contribution in [0.1, 0.15) is 19.5 Å². The zero-order valence-corrected chi connectivity index (χ0v) is 16.4. The smallest absolute Gasteiger partial charge is 0.140 e. The zero-order chi connectivity index (χ0) is 18.8. The van der Waals surface area contributed by atoms with Gasteiger partial charge in [0.2, 0.25) is 0 Å². The van der Waals surface area contributed by atoms with Crippen molar-refractivity contribution in [3.05, 3.63) is 60.4 Å². The Morgan fingerprint density at radius 1 is 1.04 bits per heavy atom. The van der Waals surface area contributed by atoms with Crippen molar-refractivity contribution in [3.63, 3.8) is 0 Å². The van der Waals surface area contributed by atoms with Crippen molar-refractivity contribution in [3.8, 4) is 16.9 Å². The van der Waals surface area contributed by atoms with Crippen LogP contribution in [0.25, 0.3) is 27.8 Å². The van der Waals surface area contributed by atoms with Crippen LogP contribution < -0.4 is 0 Å². The Balaban J connectivity index is 1.81. The third kappa shape index (κ3) is 3.38. The van der Waals surface area contributed by atoms with Crippen molar-refractivity contribution in [2.75, 3.05) is 6.61 Å². The number of fused-ring (bicyclic) bond motifs is 1. The van der Waals surface area contributed by atoms with Crippen molar-refractivity contribution < 1.29 is 4.74 Å². The number of thiol groups is 1. The van der Waals surface area contributed by atoms with Gasteiger partial charge in [-0.15, -0.1) is 12.6 Å². The molecule has 27 heavy (non-hydrogen) atoms. The van der Waals surface area contributed by atoms with Crippen LogP contribution >= 0.6 is 12.6 Å². The van der Waals surface area contributed by atoms with E-state index in [0.29, 0.717) is 13.3 Å². The lowest BCUT2D eigenvalue weighted by Gasteiger charge is -2.09. The van der Waals surface area contributed by atoms with Gasteiger partial charge < -0.3 is 4.74 Å². The summed E-state index contributed by atoms with van der Waals surface area (Å²) in [5.74, 6) is 0.